The molecule has 8 heterocycles. The summed E-state index contributed by atoms with van der Waals surface area (Å²) in [7, 11) is 1.47. The van der Waals surface area contributed by atoms with Crippen molar-refractivity contribution in [3.8, 4) is 67.6 Å². The number of aromatic hydroxyl groups is 3. The summed E-state index contributed by atoms with van der Waals surface area (Å²) in [6, 6.07) is 9.71. The van der Waals surface area contributed by atoms with E-state index in [1.54, 1.807) is 18.2 Å². The van der Waals surface area contributed by atoms with Crippen LogP contribution in [0.3, 0.4) is 0 Å². The number of phenolic OH excluding ortho intramolecular Hbond substituents is 3. The van der Waals surface area contributed by atoms with Crippen molar-refractivity contribution in [3.05, 3.63) is 162 Å². The maximum atomic E-state index is 16.0. The van der Waals surface area contributed by atoms with E-state index in [2.05, 4.69) is 42.5 Å². The summed E-state index contributed by atoms with van der Waals surface area (Å²) in [5, 5.41) is 160. The number of carbonyl (C=O) groups excluding carboxylic acids is 7. The molecule has 127 heavy (non-hydrogen) atoms. The predicted octanol–water partition coefficient (Wildman–Crippen LogP) is 3.40. The third kappa shape index (κ3) is 22.0. The van der Waals surface area contributed by atoms with Crippen LogP contribution in [0.15, 0.2) is 109 Å². The van der Waals surface area contributed by atoms with Crippen molar-refractivity contribution in [2.45, 2.75) is 200 Å². The number of aliphatic hydroxyl groups is 8. The van der Waals surface area contributed by atoms with Gasteiger partial charge in [-0.15, -0.1) is 11.3 Å². The first kappa shape index (κ1) is 96.2. The van der Waals surface area contributed by atoms with Crippen LogP contribution in [0.2, 0.25) is 20.1 Å². The number of halogens is 4. The van der Waals surface area contributed by atoms with Crippen LogP contribution >= 0.6 is 57.7 Å². The average molecular weight is 1870 g/mol. The monoisotopic (exact) mass is 1860 g/mol. The Labute approximate surface area is 748 Å². The molecule has 7 aliphatic rings. The summed E-state index contributed by atoms with van der Waals surface area (Å²) < 4.78 is 51.1. The molecule has 0 aliphatic carbocycles. The Morgan fingerprint density at radius 3 is 1.94 bits per heavy atom. The summed E-state index contributed by atoms with van der Waals surface area (Å²) >= 11 is 28.4. The molecule has 684 valence electrons. The van der Waals surface area contributed by atoms with E-state index < -0.39 is 267 Å². The number of aliphatic carboxylic acids is 1. The van der Waals surface area contributed by atoms with Crippen molar-refractivity contribution in [2.75, 3.05) is 20.2 Å². The van der Waals surface area contributed by atoms with E-state index in [0.29, 0.717) is 10.0 Å². The molecule has 7 aromatic rings. The fraction of sp³-hybridized carbons (Fsp3) is 0.429. The van der Waals surface area contributed by atoms with Gasteiger partial charge < -0.3 is 153 Å². The Morgan fingerprint density at radius 1 is 0.677 bits per heavy atom. The number of carboxylic acids is 1. The first-order valence-electron chi connectivity index (χ1n) is 39.9. The van der Waals surface area contributed by atoms with E-state index in [4.69, 9.17) is 95.8 Å². The van der Waals surface area contributed by atoms with Crippen molar-refractivity contribution in [1.29, 1.82) is 0 Å². The van der Waals surface area contributed by atoms with E-state index >= 15 is 14.4 Å². The Balaban J connectivity index is 1.01. The third-order valence-corrected chi connectivity index (χ3v) is 24.2. The van der Waals surface area contributed by atoms with Gasteiger partial charge in [-0.2, -0.15) is 0 Å². The number of benzene rings is 6. The maximum Gasteiger partial charge on any atom is 0.330 e. The number of primary amides is 1. The molecule has 6 aromatic carbocycles. The quantitative estimate of drug-likeness (QED) is 0.0432. The molecule has 3 saturated heterocycles. The molecule has 9 bridgehead atoms. The van der Waals surface area contributed by atoms with E-state index in [0.717, 1.165) is 63.8 Å². The molecule has 5 unspecified atom stereocenters. The number of thiophene rings is 1. The van der Waals surface area contributed by atoms with Crippen LogP contribution in [-0.4, -0.2) is 239 Å². The minimum absolute atomic E-state index is 0.0000871. The summed E-state index contributed by atoms with van der Waals surface area (Å²) in [5.74, 6) is -14.6. The number of fused-ring (bicyclic) bond motifs is 16. The maximum absolute atomic E-state index is 16.0. The molecule has 7 amide bonds. The Kier molecular flexibility index (Phi) is 30.9. The minimum Gasteiger partial charge on any atom is -0.508 e. The lowest BCUT2D eigenvalue weighted by Crippen LogP contribution is -2.65. The smallest absolute Gasteiger partial charge is 0.330 e. The molecule has 0 radical (unpaired) electrons. The van der Waals surface area contributed by atoms with Crippen LogP contribution < -0.4 is 68.2 Å². The number of hydrogen-bond donors (Lipinski definition) is 22. The molecular weight excluding hydrogens is 1770 g/mol. The number of ether oxygens (including phenoxy) is 8. The molecule has 7 aliphatic heterocycles. The number of hydrogen-bond acceptors (Lipinski definition) is 31. The summed E-state index contributed by atoms with van der Waals surface area (Å²) in [4.78, 5) is 117. The first-order chi connectivity index (χ1) is 60.1. The van der Waals surface area contributed by atoms with Gasteiger partial charge in [-0.1, -0.05) is 78.5 Å². The lowest BCUT2D eigenvalue weighted by molar-refractivity contribution is -0.350. The van der Waals surface area contributed by atoms with Gasteiger partial charge in [0.1, 0.15) is 114 Å². The predicted molar refractivity (Wildman–Crippen MR) is 453 cm³/mol. The number of carboxylic acid groups (broad SMARTS) is 1. The zero-order valence-corrected chi connectivity index (χ0v) is 72.3. The van der Waals surface area contributed by atoms with E-state index in [9.17, 15) is 85.3 Å². The highest BCUT2D eigenvalue weighted by Gasteiger charge is 2.53. The van der Waals surface area contributed by atoms with Gasteiger partial charge in [0.15, 0.2) is 30.1 Å². The van der Waals surface area contributed by atoms with Crippen LogP contribution in [0.1, 0.15) is 117 Å². The topological polar surface area (TPSA) is 601 Å². The Morgan fingerprint density at radius 2 is 1.31 bits per heavy atom. The summed E-state index contributed by atoms with van der Waals surface area (Å²) in [6.45, 7) is 6.84. The highest BCUT2D eigenvalue weighted by atomic mass is 35.5. The van der Waals surface area contributed by atoms with Gasteiger partial charge in [0.25, 0.3) is 0 Å². The van der Waals surface area contributed by atoms with Crippen LogP contribution in [0, 0.1) is 5.92 Å². The van der Waals surface area contributed by atoms with E-state index in [1.165, 1.54) is 69.5 Å². The normalized spacial score (nSPS) is 29.1. The number of phenols is 3. The van der Waals surface area contributed by atoms with Gasteiger partial charge in [-0.25, -0.2) is 4.79 Å². The molecule has 1 aromatic heterocycles. The highest BCUT2D eigenvalue weighted by molar-refractivity contribution is 7.15. The number of aliphatic hydroxyl groups excluding tert-OH is 8. The van der Waals surface area contributed by atoms with Crippen LogP contribution in [0.4, 0.5) is 0 Å². The Hall–Kier alpha value is -9.90. The molecule has 38 nitrogen and oxygen atoms in total. The number of nitrogens with two attached hydrogens (primary N) is 2. The molecule has 0 spiro atoms. The van der Waals surface area contributed by atoms with Crippen molar-refractivity contribution < 1.29 is 138 Å². The molecule has 24 N–H and O–H groups in total. The zero-order chi connectivity index (χ0) is 92.2. The van der Waals surface area contributed by atoms with Crippen molar-refractivity contribution in [1.82, 2.24) is 42.5 Å². The molecule has 3 fully saturated rings. The van der Waals surface area contributed by atoms with Gasteiger partial charge in [0, 0.05) is 67.6 Å². The second-order valence-electron chi connectivity index (χ2n) is 32.0. The van der Waals surface area contributed by atoms with Crippen LogP contribution in [0.5, 0.6) is 46.0 Å². The van der Waals surface area contributed by atoms with Gasteiger partial charge >= 0.3 is 5.97 Å². The van der Waals surface area contributed by atoms with Gasteiger partial charge in [0.2, 0.25) is 53.9 Å². The van der Waals surface area contributed by atoms with E-state index in [-0.39, 0.29) is 60.7 Å². The first-order valence-corrected chi connectivity index (χ1v) is 42.2. The minimum atomic E-state index is -2.37. The standard InChI is InChI=1S/C84H96Cl4N10O28S/c1-32(2)15-48(91-6)76(112)98-64-66(105)36-8-12-52(46(87)19-36)120-54-21-39-22-55(73(54)125-83-71(110)69(108)74(57(30-99)123-83)126-82-70(109)68(107)67(106)56(122-82)29-92-28-43-10-14-58(127-43)38-16-40(85)23-41(86)17-38)121-53-13-9-37(20-47(53)88)72(124-60-27-84(5,90)75(111)34(4)119-60)65(93-31-100)80(116)97-63(81(117)118)45-24-42(101)25-51(103)61(45)44-18-35(7-11-50(44)102)33(3)94-78(114)62(39)96-77(113)49(26-59(89)104)95-79(64)115/h7-14,16-25,31-34,48-49,56-57,60,62-72,74-75,82-83,91-92,99,101-103,105-111H,15,26-30,90H2,1-6H3,(H2,89,104)(H,93,100)(H,94,114)(H,95,115)(H,96,113)(H,97,116)(H,98,112)(H,117,118)/t33?,34-,48+,49?,56+,57+,60?,62+,63?,64?,65-,66+,67-,68-,69+,70+,71+,72+,74+,75-,82-,83-,84-/m0/s1. The number of rotatable bonds is 22. The fourth-order valence-electron chi connectivity index (χ4n) is 15.5. The number of amides is 7. The van der Waals surface area contributed by atoms with Gasteiger partial charge in [-0.3, -0.25) is 33.6 Å². The molecule has 43 heteroatoms. The van der Waals surface area contributed by atoms with Gasteiger partial charge in [-0.05, 0) is 153 Å². The lowest BCUT2D eigenvalue weighted by atomic mass is 9.86. The zero-order valence-electron chi connectivity index (χ0n) is 68.5. The number of likely N-dealkylation sites (N-methyl/N-ethyl adjacent to an activating group) is 1. The molecular formula is C84H96Cl4N10O28S. The second kappa shape index (κ2) is 40.8. The SMILES string of the molecule is CN[C@H](CC(C)C)C(=O)NC1C(=O)NC(CC(N)=O)C(=O)N[C@H]2C(=O)NC(C)c3ccc(O)c(c3)-c3c(O)cc(O)cc3C(C(=O)O)NC(=O)[C@@H](NC=O)[C@H](OC3C[C@](C)(N)[C@@H](O)[C@H](C)O3)c3ccc(c(Cl)c3)Oc3cc2cc(c3O[C@@H]2O[C@H](CO)[C@@H](O[C@@H]3O[C@H](CNCc4ccc(-c5cc(Cl)cc(Cl)c5)s4)[C@H](O)[C@H](O)[C@H]3O)[C@H](O)[C@H]2O)Oc2ccc(cc2Cl)[C@H]1O. The van der Waals surface area contributed by atoms with Gasteiger partial charge in [0.05, 0.1) is 47.4 Å². The second-order valence-corrected chi connectivity index (χ2v) is 34.8. The highest BCUT2D eigenvalue weighted by Crippen LogP contribution is 2.50. The molecule has 0 saturated carbocycles. The largest absolute Gasteiger partial charge is 0.508 e. The van der Waals surface area contributed by atoms with Crippen molar-refractivity contribution >= 4 is 106 Å². The molecule has 23 atom stereocenters. The van der Waals surface area contributed by atoms with Crippen molar-refractivity contribution in [2.24, 2.45) is 17.4 Å². The number of carbonyl (C=O) groups is 8. The van der Waals surface area contributed by atoms with Crippen LogP contribution in [-0.2, 0) is 68.6 Å². The van der Waals surface area contributed by atoms with E-state index in [1.807, 2.05) is 26.0 Å². The molecule has 14 rings (SSSR count). The Bertz CT molecular complexity index is 5230. The summed E-state index contributed by atoms with van der Waals surface area (Å²) in [6.07, 6.45) is -28.7. The third-order valence-electron chi connectivity index (χ3n) is 22.1. The van der Waals surface area contributed by atoms with Crippen molar-refractivity contribution in [3.63, 3.8) is 0 Å². The fourth-order valence-corrected chi connectivity index (χ4v) is 17.4. The number of nitrogens with one attached hydrogen (secondary N) is 8. The average Bonchev–Trinajstić information content (AvgIpc) is 0.999. The summed E-state index contributed by atoms with van der Waals surface area (Å²) in [5.41, 5.74) is 9.32. The lowest BCUT2D eigenvalue weighted by Gasteiger charge is -2.46. The van der Waals surface area contributed by atoms with Crippen LogP contribution in [0.25, 0.3) is 21.6 Å².